The molecule has 3 nitrogen and oxygen atoms in total. The molecular weight excluding hydrogens is 313 g/mol. The molecule has 0 saturated heterocycles. The molecule has 2 rings (SSSR count). The number of hydrogen-bond donors (Lipinski definition) is 2. The molecule has 0 heterocycles. The van der Waals surface area contributed by atoms with Crippen LogP contribution in [0.1, 0.15) is 15.9 Å². The number of aromatic carboxylic acids is 1. The third kappa shape index (κ3) is 3.32. The molecule has 0 bridgehead atoms. The number of rotatable bonds is 4. The third-order valence-corrected chi connectivity index (χ3v) is 3.34. The number of hydrogen-bond acceptors (Lipinski definition) is 2. The van der Waals surface area contributed by atoms with Gasteiger partial charge in [-0.25, -0.2) is 9.18 Å². The van der Waals surface area contributed by atoms with Crippen molar-refractivity contribution in [3.63, 3.8) is 0 Å². The van der Waals surface area contributed by atoms with E-state index in [1.54, 1.807) is 30.3 Å². The molecule has 0 saturated carbocycles. The van der Waals surface area contributed by atoms with Crippen molar-refractivity contribution in [3.05, 3.63) is 63.9 Å². The SMILES string of the molecule is O=C(O)c1ccccc1CNc1cc(F)ccc1Br. The van der Waals surface area contributed by atoms with Crippen LogP contribution in [0.25, 0.3) is 0 Å². The van der Waals surface area contributed by atoms with Gasteiger partial charge in [0.15, 0.2) is 0 Å². The van der Waals surface area contributed by atoms with E-state index in [0.717, 1.165) is 4.47 Å². The summed E-state index contributed by atoms with van der Waals surface area (Å²) in [6.07, 6.45) is 0. The molecule has 2 aromatic carbocycles. The molecule has 0 aliphatic rings. The average Bonchev–Trinajstić information content (AvgIpc) is 2.40. The van der Waals surface area contributed by atoms with Crippen LogP contribution in [0.4, 0.5) is 10.1 Å². The number of halogens is 2. The number of benzene rings is 2. The molecule has 0 fully saturated rings. The molecule has 0 aliphatic heterocycles. The summed E-state index contributed by atoms with van der Waals surface area (Å²) in [4.78, 5) is 11.1. The minimum absolute atomic E-state index is 0.238. The summed E-state index contributed by atoms with van der Waals surface area (Å²) in [5.41, 5.74) is 1.47. The van der Waals surface area contributed by atoms with Crippen LogP contribution in [-0.4, -0.2) is 11.1 Å². The van der Waals surface area contributed by atoms with Crippen LogP contribution in [0.2, 0.25) is 0 Å². The van der Waals surface area contributed by atoms with Crippen molar-refractivity contribution < 1.29 is 14.3 Å². The Balaban J connectivity index is 2.19. The third-order valence-electron chi connectivity index (χ3n) is 2.65. The van der Waals surface area contributed by atoms with Crippen molar-refractivity contribution in [1.29, 1.82) is 0 Å². The Bertz CT molecular complexity index is 616. The van der Waals surface area contributed by atoms with E-state index in [4.69, 9.17) is 5.11 Å². The standard InChI is InChI=1S/C14H11BrFNO2/c15-12-6-5-10(16)7-13(12)17-8-9-3-1-2-4-11(9)14(18)19/h1-7,17H,8H2,(H,18,19). The number of nitrogens with one attached hydrogen (secondary N) is 1. The minimum atomic E-state index is -0.976. The highest BCUT2D eigenvalue weighted by molar-refractivity contribution is 9.10. The molecule has 2 aromatic rings. The second-order valence-corrected chi connectivity index (χ2v) is 4.79. The smallest absolute Gasteiger partial charge is 0.336 e. The number of anilines is 1. The van der Waals surface area contributed by atoms with Gasteiger partial charge < -0.3 is 10.4 Å². The van der Waals surface area contributed by atoms with Gasteiger partial charge in [0.1, 0.15) is 5.82 Å². The summed E-state index contributed by atoms with van der Waals surface area (Å²) in [7, 11) is 0. The molecule has 2 N–H and O–H groups in total. The molecule has 0 amide bonds. The first-order chi connectivity index (χ1) is 9.08. The lowest BCUT2D eigenvalue weighted by molar-refractivity contribution is 0.0696. The topological polar surface area (TPSA) is 49.3 Å². The van der Waals surface area contributed by atoms with Crippen molar-refractivity contribution in [1.82, 2.24) is 0 Å². The molecule has 19 heavy (non-hydrogen) atoms. The van der Waals surface area contributed by atoms with Gasteiger partial charge in [-0.2, -0.15) is 0 Å². The second-order valence-electron chi connectivity index (χ2n) is 3.94. The average molecular weight is 324 g/mol. The lowest BCUT2D eigenvalue weighted by atomic mass is 10.1. The fourth-order valence-electron chi connectivity index (χ4n) is 1.71. The predicted octanol–water partition coefficient (Wildman–Crippen LogP) is 3.90. The van der Waals surface area contributed by atoms with Gasteiger partial charge in [0, 0.05) is 11.0 Å². The fraction of sp³-hybridized carbons (Fsp3) is 0.0714. The van der Waals surface area contributed by atoms with E-state index in [1.807, 2.05) is 0 Å². The van der Waals surface area contributed by atoms with Crippen LogP contribution in [-0.2, 0) is 6.54 Å². The van der Waals surface area contributed by atoms with E-state index >= 15 is 0 Å². The Morgan fingerprint density at radius 1 is 1.26 bits per heavy atom. The lowest BCUT2D eigenvalue weighted by Crippen LogP contribution is -2.07. The van der Waals surface area contributed by atoms with E-state index in [9.17, 15) is 9.18 Å². The summed E-state index contributed by atoms with van der Waals surface area (Å²) in [6, 6.07) is 11.0. The molecular formula is C14H11BrFNO2. The van der Waals surface area contributed by atoms with Crippen LogP contribution in [0.5, 0.6) is 0 Å². The van der Waals surface area contributed by atoms with Crippen molar-refractivity contribution in [2.24, 2.45) is 0 Å². The summed E-state index contributed by atoms with van der Waals surface area (Å²) >= 11 is 3.31. The summed E-state index contributed by atoms with van der Waals surface area (Å²) in [5.74, 6) is -1.33. The Hall–Kier alpha value is -1.88. The molecule has 0 aliphatic carbocycles. The molecule has 0 aromatic heterocycles. The predicted molar refractivity (Wildman–Crippen MR) is 74.8 cm³/mol. The van der Waals surface area contributed by atoms with Crippen LogP contribution in [0.3, 0.4) is 0 Å². The van der Waals surface area contributed by atoms with Crippen molar-refractivity contribution in [2.75, 3.05) is 5.32 Å². The largest absolute Gasteiger partial charge is 0.478 e. The maximum atomic E-state index is 13.1. The zero-order valence-electron chi connectivity index (χ0n) is 9.86. The quantitative estimate of drug-likeness (QED) is 0.897. The monoisotopic (exact) mass is 323 g/mol. The van der Waals surface area contributed by atoms with E-state index < -0.39 is 5.97 Å². The van der Waals surface area contributed by atoms with Gasteiger partial charge in [0.05, 0.1) is 11.3 Å². The first-order valence-corrected chi connectivity index (χ1v) is 6.37. The Labute approximate surface area is 118 Å². The number of carbonyl (C=O) groups is 1. The number of carboxylic acids is 1. The maximum Gasteiger partial charge on any atom is 0.336 e. The fourth-order valence-corrected chi connectivity index (χ4v) is 2.09. The van der Waals surface area contributed by atoms with E-state index in [0.29, 0.717) is 17.8 Å². The normalized spacial score (nSPS) is 10.2. The van der Waals surface area contributed by atoms with E-state index in [-0.39, 0.29) is 11.4 Å². The second kappa shape index (κ2) is 5.84. The van der Waals surface area contributed by atoms with Gasteiger partial charge in [-0.05, 0) is 45.8 Å². The van der Waals surface area contributed by atoms with Crippen LogP contribution in [0, 0.1) is 5.82 Å². The van der Waals surface area contributed by atoms with Crippen LogP contribution < -0.4 is 5.32 Å². The summed E-state index contributed by atoms with van der Waals surface area (Å²) < 4.78 is 13.8. The first-order valence-electron chi connectivity index (χ1n) is 5.58. The highest BCUT2D eigenvalue weighted by Crippen LogP contribution is 2.24. The Morgan fingerprint density at radius 2 is 2.00 bits per heavy atom. The Kier molecular flexibility index (Phi) is 4.16. The van der Waals surface area contributed by atoms with Gasteiger partial charge in [-0.1, -0.05) is 18.2 Å². The van der Waals surface area contributed by atoms with Gasteiger partial charge >= 0.3 is 5.97 Å². The number of carboxylic acid groups (broad SMARTS) is 1. The Morgan fingerprint density at radius 3 is 2.74 bits per heavy atom. The lowest BCUT2D eigenvalue weighted by Gasteiger charge is -2.10. The van der Waals surface area contributed by atoms with Gasteiger partial charge in [-0.15, -0.1) is 0 Å². The van der Waals surface area contributed by atoms with E-state index in [1.165, 1.54) is 12.1 Å². The molecule has 98 valence electrons. The summed E-state index contributed by atoms with van der Waals surface area (Å²) in [6.45, 7) is 0.310. The van der Waals surface area contributed by atoms with Crippen LogP contribution >= 0.6 is 15.9 Å². The van der Waals surface area contributed by atoms with Gasteiger partial charge in [0.2, 0.25) is 0 Å². The molecule has 0 radical (unpaired) electrons. The maximum absolute atomic E-state index is 13.1. The van der Waals surface area contributed by atoms with Gasteiger partial charge in [-0.3, -0.25) is 0 Å². The zero-order chi connectivity index (χ0) is 13.8. The van der Waals surface area contributed by atoms with Crippen molar-refractivity contribution >= 4 is 27.6 Å². The minimum Gasteiger partial charge on any atom is -0.478 e. The highest BCUT2D eigenvalue weighted by Gasteiger charge is 2.09. The van der Waals surface area contributed by atoms with Crippen LogP contribution in [0.15, 0.2) is 46.9 Å². The van der Waals surface area contributed by atoms with Crippen molar-refractivity contribution in [2.45, 2.75) is 6.54 Å². The first kappa shape index (κ1) is 13.5. The molecule has 5 heteroatoms. The highest BCUT2D eigenvalue weighted by atomic mass is 79.9. The van der Waals surface area contributed by atoms with E-state index in [2.05, 4.69) is 21.2 Å². The van der Waals surface area contributed by atoms with Crippen molar-refractivity contribution in [3.8, 4) is 0 Å². The summed E-state index contributed by atoms with van der Waals surface area (Å²) in [5, 5.41) is 12.1. The molecule has 0 spiro atoms. The van der Waals surface area contributed by atoms with Gasteiger partial charge in [0.25, 0.3) is 0 Å². The molecule has 0 atom stereocenters. The zero-order valence-corrected chi connectivity index (χ0v) is 11.4. The molecule has 0 unspecified atom stereocenters.